The SMILES string of the molecule is C[C@@H](OC(=N)C(=O)O)C(=O)OC(c1ccccc1)c1ccccc1. The zero-order valence-corrected chi connectivity index (χ0v) is 13.0. The predicted octanol–water partition coefficient (Wildman–Crippen LogP) is 2.79. The summed E-state index contributed by atoms with van der Waals surface area (Å²) in [7, 11) is 0. The highest BCUT2D eigenvalue weighted by molar-refractivity contribution is 6.30. The van der Waals surface area contributed by atoms with E-state index in [9.17, 15) is 9.59 Å². The summed E-state index contributed by atoms with van der Waals surface area (Å²) in [5.41, 5.74) is 1.55. The molecule has 0 bridgehead atoms. The molecule has 0 saturated heterocycles. The van der Waals surface area contributed by atoms with Gasteiger partial charge in [0.2, 0.25) is 0 Å². The number of carboxylic acid groups (broad SMARTS) is 1. The lowest BCUT2D eigenvalue weighted by Crippen LogP contribution is -2.30. The van der Waals surface area contributed by atoms with Crippen LogP contribution in [0.4, 0.5) is 0 Å². The number of esters is 1. The molecule has 0 unspecified atom stereocenters. The van der Waals surface area contributed by atoms with Gasteiger partial charge in [-0.15, -0.1) is 0 Å². The molecule has 2 aromatic carbocycles. The van der Waals surface area contributed by atoms with Crippen LogP contribution in [0.25, 0.3) is 0 Å². The van der Waals surface area contributed by atoms with Crippen LogP contribution in [-0.2, 0) is 19.1 Å². The molecule has 0 heterocycles. The Kier molecular flexibility index (Phi) is 5.68. The molecule has 124 valence electrons. The number of carbonyl (C=O) groups excluding carboxylic acids is 1. The Hall–Kier alpha value is -3.15. The van der Waals surface area contributed by atoms with E-state index in [1.54, 1.807) is 0 Å². The highest BCUT2D eigenvalue weighted by atomic mass is 16.6. The molecular weight excluding hydrogens is 310 g/mol. The van der Waals surface area contributed by atoms with Gasteiger partial charge >= 0.3 is 11.9 Å². The predicted molar refractivity (Wildman–Crippen MR) is 86.7 cm³/mol. The second-order valence-corrected chi connectivity index (χ2v) is 5.03. The lowest BCUT2D eigenvalue weighted by Gasteiger charge is -2.21. The van der Waals surface area contributed by atoms with Gasteiger partial charge in [-0.1, -0.05) is 60.7 Å². The van der Waals surface area contributed by atoms with Gasteiger partial charge in [-0.2, -0.15) is 0 Å². The summed E-state index contributed by atoms with van der Waals surface area (Å²) in [5, 5.41) is 15.8. The zero-order chi connectivity index (χ0) is 17.5. The molecule has 1 atom stereocenters. The number of hydrogen-bond donors (Lipinski definition) is 2. The largest absolute Gasteiger partial charge is 0.474 e. The van der Waals surface area contributed by atoms with E-state index < -0.39 is 30.0 Å². The van der Waals surface area contributed by atoms with E-state index in [1.807, 2.05) is 60.7 Å². The van der Waals surface area contributed by atoms with Gasteiger partial charge in [0.1, 0.15) is 0 Å². The second-order valence-electron chi connectivity index (χ2n) is 5.03. The topological polar surface area (TPSA) is 96.7 Å². The van der Waals surface area contributed by atoms with Crippen LogP contribution in [0.3, 0.4) is 0 Å². The molecule has 0 aliphatic heterocycles. The maximum Gasteiger partial charge on any atom is 0.391 e. The van der Waals surface area contributed by atoms with Crippen molar-refractivity contribution < 1.29 is 24.2 Å². The third-order valence-electron chi connectivity index (χ3n) is 3.26. The van der Waals surface area contributed by atoms with E-state index in [1.165, 1.54) is 6.92 Å². The fourth-order valence-electron chi connectivity index (χ4n) is 2.07. The van der Waals surface area contributed by atoms with Crippen LogP contribution < -0.4 is 0 Å². The number of hydrogen-bond acceptors (Lipinski definition) is 5. The molecule has 2 N–H and O–H groups in total. The van der Waals surface area contributed by atoms with Crippen LogP contribution in [-0.4, -0.2) is 29.0 Å². The molecular formula is C18H17NO5. The summed E-state index contributed by atoms with van der Waals surface area (Å²) in [4.78, 5) is 22.8. The first kappa shape index (κ1) is 17.2. The summed E-state index contributed by atoms with van der Waals surface area (Å²) < 4.78 is 10.3. The molecule has 2 rings (SSSR count). The van der Waals surface area contributed by atoms with E-state index in [-0.39, 0.29) is 0 Å². The minimum atomic E-state index is -1.54. The van der Waals surface area contributed by atoms with Crippen molar-refractivity contribution in [2.24, 2.45) is 0 Å². The van der Waals surface area contributed by atoms with Crippen LogP contribution in [0.5, 0.6) is 0 Å². The standard InChI is InChI=1S/C18H17NO5/c1-12(23-16(19)17(20)21)18(22)24-15(13-8-4-2-5-9-13)14-10-6-3-7-11-14/h2-12,15,19H,1H3,(H,20,21)/t12-/m1/s1. The second kappa shape index (κ2) is 7.92. The smallest absolute Gasteiger partial charge is 0.391 e. The third-order valence-corrected chi connectivity index (χ3v) is 3.26. The molecule has 24 heavy (non-hydrogen) atoms. The molecule has 6 heteroatoms. The highest BCUT2D eigenvalue weighted by Crippen LogP contribution is 2.26. The number of nitrogens with one attached hydrogen (secondary N) is 1. The van der Waals surface area contributed by atoms with Gasteiger partial charge in [0, 0.05) is 0 Å². The summed E-state index contributed by atoms with van der Waals surface area (Å²) in [6, 6.07) is 18.4. The molecule has 0 saturated carbocycles. The Labute approximate surface area is 139 Å². The van der Waals surface area contributed by atoms with Crippen LogP contribution in [0.15, 0.2) is 60.7 Å². The average molecular weight is 327 g/mol. The van der Waals surface area contributed by atoms with Crippen molar-refractivity contribution in [1.82, 2.24) is 0 Å². The summed E-state index contributed by atoms with van der Waals surface area (Å²) in [5.74, 6) is -3.30. The van der Waals surface area contributed by atoms with E-state index >= 15 is 0 Å². The van der Waals surface area contributed by atoms with Gasteiger partial charge in [0.15, 0.2) is 12.2 Å². The quantitative estimate of drug-likeness (QED) is 0.500. The first-order chi connectivity index (χ1) is 11.5. The Morgan fingerprint density at radius 2 is 1.38 bits per heavy atom. The van der Waals surface area contributed by atoms with E-state index in [2.05, 4.69) is 0 Å². The number of carboxylic acids is 1. The Balaban J connectivity index is 2.18. The minimum Gasteiger partial charge on any atom is -0.474 e. The number of ether oxygens (including phenoxy) is 2. The van der Waals surface area contributed by atoms with Crippen LogP contribution in [0.1, 0.15) is 24.2 Å². The van der Waals surface area contributed by atoms with Gasteiger partial charge in [-0.05, 0) is 18.1 Å². The van der Waals surface area contributed by atoms with Gasteiger partial charge in [-0.3, -0.25) is 5.41 Å². The molecule has 0 radical (unpaired) electrons. The molecule has 0 aliphatic rings. The molecule has 2 aromatic rings. The number of carbonyl (C=O) groups is 2. The number of rotatable bonds is 5. The summed E-state index contributed by atoms with van der Waals surface area (Å²) in [6.07, 6.45) is -1.85. The van der Waals surface area contributed by atoms with E-state index in [0.29, 0.717) is 0 Å². The molecule has 0 aliphatic carbocycles. The number of aliphatic carboxylic acids is 1. The summed E-state index contributed by atoms with van der Waals surface area (Å²) in [6.45, 7) is 1.34. The lowest BCUT2D eigenvalue weighted by atomic mass is 10.0. The van der Waals surface area contributed by atoms with Crippen molar-refractivity contribution in [3.05, 3.63) is 71.8 Å². The van der Waals surface area contributed by atoms with Crippen molar-refractivity contribution in [3.8, 4) is 0 Å². The maximum atomic E-state index is 12.2. The number of benzene rings is 2. The summed E-state index contributed by atoms with van der Waals surface area (Å²) >= 11 is 0. The van der Waals surface area contributed by atoms with Crippen LogP contribution in [0.2, 0.25) is 0 Å². The van der Waals surface area contributed by atoms with Crippen LogP contribution >= 0.6 is 0 Å². The van der Waals surface area contributed by atoms with E-state index in [0.717, 1.165) is 11.1 Å². The lowest BCUT2D eigenvalue weighted by molar-refractivity contribution is -0.156. The monoisotopic (exact) mass is 327 g/mol. The molecule has 0 amide bonds. The Bertz CT molecular complexity index is 675. The zero-order valence-electron chi connectivity index (χ0n) is 13.0. The molecule has 6 nitrogen and oxygen atoms in total. The van der Waals surface area contributed by atoms with Crippen molar-refractivity contribution >= 4 is 17.8 Å². The van der Waals surface area contributed by atoms with Gasteiger partial charge in [0.05, 0.1) is 0 Å². The molecule has 0 fully saturated rings. The van der Waals surface area contributed by atoms with Gasteiger partial charge < -0.3 is 14.6 Å². The van der Waals surface area contributed by atoms with Gasteiger partial charge in [0.25, 0.3) is 5.90 Å². The highest BCUT2D eigenvalue weighted by Gasteiger charge is 2.25. The minimum absolute atomic E-state index is 0.648. The fraction of sp³-hybridized carbons (Fsp3) is 0.167. The van der Waals surface area contributed by atoms with Gasteiger partial charge in [-0.25, -0.2) is 9.59 Å². The molecule has 0 spiro atoms. The Morgan fingerprint density at radius 3 is 1.79 bits per heavy atom. The Morgan fingerprint density at radius 1 is 0.917 bits per heavy atom. The van der Waals surface area contributed by atoms with E-state index in [4.69, 9.17) is 20.0 Å². The van der Waals surface area contributed by atoms with Crippen molar-refractivity contribution in [3.63, 3.8) is 0 Å². The third kappa shape index (κ3) is 4.42. The fourth-order valence-corrected chi connectivity index (χ4v) is 2.07. The van der Waals surface area contributed by atoms with Crippen molar-refractivity contribution in [2.45, 2.75) is 19.1 Å². The first-order valence-electron chi connectivity index (χ1n) is 7.28. The maximum absolute atomic E-state index is 12.2. The average Bonchev–Trinajstić information content (AvgIpc) is 2.60. The van der Waals surface area contributed by atoms with Crippen molar-refractivity contribution in [1.29, 1.82) is 5.41 Å². The van der Waals surface area contributed by atoms with Crippen LogP contribution in [0, 0.1) is 5.41 Å². The first-order valence-corrected chi connectivity index (χ1v) is 7.28. The van der Waals surface area contributed by atoms with Crippen molar-refractivity contribution in [2.75, 3.05) is 0 Å². The molecule has 0 aromatic heterocycles. The normalized spacial score (nSPS) is 11.6.